The SMILES string of the molecule is Cc1ccccc1Sc1nc2ccc(N)cc2[nH]1. The predicted octanol–water partition coefficient (Wildman–Crippen LogP) is 3.60. The number of hydrogen-bond acceptors (Lipinski definition) is 3. The first-order valence-corrected chi connectivity index (χ1v) is 6.53. The Labute approximate surface area is 109 Å². The van der Waals surface area contributed by atoms with Gasteiger partial charge in [0, 0.05) is 10.6 Å². The minimum absolute atomic E-state index is 0.749. The van der Waals surface area contributed by atoms with E-state index in [2.05, 4.69) is 29.0 Å². The molecule has 0 spiro atoms. The van der Waals surface area contributed by atoms with Gasteiger partial charge in [-0.15, -0.1) is 0 Å². The van der Waals surface area contributed by atoms with Crippen LogP contribution in [0.5, 0.6) is 0 Å². The molecule has 18 heavy (non-hydrogen) atoms. The number of fused-ring (bicyclic) bond motifs is 1. The third kappa shape index (κ3) is 2.07. The predicted molar refractivity (Wildman–Crippen MR) is 75.8 cm³/mol. The second kappa shape index (κ2) is 4.38. The number of aryl methyl sites for hydroxylation is 1. The maximum atomic E-state index is 5.76. The molecule has 3 rings (SSSR count). The molecule has 3 aromatic rings. The van der Waals surface area contributed by atoms with E-state index in [0.717, 1.165) is 21.9 Å². The standard InChI is InChI=1S/C14H13N3S/c1-9-4-2-3-5-13(9)18-14-16-11-7-6-10(15)8-12(11)17-14/h2-8H,15H2,1H3,(H,16,17). The Bertz CT molecular complexity index is 703. The number of hydrogen-bond donors (Lipinski definition) is 2. The van der Waals surface area contributed by atoms with Crippen LogP contribution in [0.1, 0.15) is 5.56 Å². The summed E-state index contributed by atoms with van der Waals surface area (Å²) >= 11 is 1.64. The van der Waals surface area contributed by atoms with Gasteiger partial charge < -0.3 is 10.7 Å². The summed E-state index contributed by atoms with van der Waals surface area (Å²) in [5, 5.41) is 0.893. The van der Waals surface area contributed by atoms with Crippen molar-refractivity contribution < 1.29 is 0 Å². The van der Waals surface area contributed by atoms with Crippen molar-refractivity contribution in [3.63, 3.8) is 0 Å². The molecule has 0 bridgehead atoms. The molecular formula is C14H13N3S. The Morgan fingerprint density at radius 1 is 1.17 bits per heavy atom. The number of anilines is 1. The number of H-pyrrole nitrogens is 1. The van der Waals surface area contributed by atoms with Gasteiger partial charge in [-0.2, -0.15) is 0 Å². The van der Waals surface area contributed by atoms with Gasteiger partial charge in [-0.05, 0) is 36.8 Å². The number of nitrogens with zero attached hydrogens (tertiary/aromatic N) is 1. The minimum atomic E-state index is 0.749. The number of nitrogens with two attached hydrogens (primary N) is 1. The lowest BCUT2D eigenvalue weighted by atomic mass is 10.2. The average Bonchev–Trinajstić information content (AvgIpc) is 2.73. The second-order valence-corrected chi connectivity index (χ2v) is 5.22. The van der Waals surface area contributed by atoms with Gasteiger partial charge in [0.2, 0.25) is 0 Å². The summed E-state index contributed by atoms with van der Waals surface area (Å²) in [4.78, 5) is 9.04. The molecule has 4 heteroatoms. The van der Waals surface area contributed by atoms with Crippen molar-refractivity contribution >= 4 is 28.5 Å². The van der Waals surface area contributed by atoms with Crippen LogP contribution in [0.4, 0.5) is 5.69 Å². The highest BCUT2D eigenvalue weighted by Gasteiger charge is 2.06. The van der Waals surface area contributed by atoms with Gasteiger partial charge >= 0.3 is 0 Å². The largest absolute Gasteiger partial charge is 0.399 e. The van der Waals surface area contributed by atoms with E-state index in [-0.39, 0.29) is 0 Å². The topological polar surface area (TPSA) is 54.7 Å². The van der Waals surface area contributed by atoms with Crippen LogP contribution in [-0.2, 0) is 0 Å². The lowest BCUT2D eigenvalue weighted by Gasteiger charge is -2.01. The molecule has 0 fully saturated rings. The van der Waals surface area contributed by atoms with Crippen molar-refractivity contribution in [2.45, 2.75) is 17.0 Å². The molecule has 0 aliphatic rings. The number of aromatic amines is 1. The van der Waals surface area contributed by atoms with Crippen LogP contribution in [0.15, 0.2) is 52.5 Å². The molecule has 1 heterocycles. The summed E-state index contributed by atoms with van der Waals surface area (Å²) in [5.74, 6) is 0. The smallest absolute Gasteiger partial charge is 0.171 e. The van der Waals surface area contributed by atoms with Crippen molar-refractivity contribution in [2.75, 3.05) is 5.73 Å². The maximum Gasteiger partial charge on any atom is 0.171 e. The highest BCUT2D eigenvalue weighted by molar-refractivity contribution is 7.99. The Morgan fingerprint density at radius 3 is 2.83 bits per heavy atom. The highest BCUT2D eigenvalue weighted by atomic mass is 32.2. The Morgan fingerprint density at radius 2 is 2.00 bits per heavy atom. The van der Waals surface area contributed by atoms with Crippen molar-refractivity contribution in [3.05, 3.63) is 48.0 Å². The molecule has 0 unspecified atom stereocenters. The quantitative estimate of drug-likeness (QED) is 0.688. The number of aromatic nitrogens is 2. The van der Waals surface area contributed by atoms with E-state index < -0.39 is 0 Å². The molecule has 0 saturated carbocycles. The van der Waals surface area contributed by atoms with Crippen LogP contribution in [0.3, 0.4) is 0 Å². The van der Waals surface area contributed by atoms with Crippen LogP contribution < -0.4 is 5.73 Å². The third-order valence-corrected chi connectivity index (χ3v) is 3.85. The van der Waals surface area contributed by atoms with Gasteiger partial charge in [-0.3, -0.25) is 0 Å². The normalized spacial score (nSPS) is 10.9. The summed E-state index contributed by atoms with van der Waals surface area (Å²) in [6, 6.07) is 14.0. The highest BCUT2D eigenvalue weighted by Crippen LogP contribution is 2.29. The zero-order valence-electron chi connectivity index (χ0n) is 9.97. The van der Waals surface area contributed by atoms with Crippen molar-refractivity contribution in [1.29, 1.82) is 0 Å². The number of nitrogen functional groups attached to an aromatic ring is 1. The van der Waals surface area contributed by atoms with Gasteiger partial charge in [0.05, 0.1) is 11.0 Å². The van der Waals surface area contributed by atoms with Crippen LogP contribution in [0, 0.1) is 6.92 Å². The average molecular weight is 255 g/mol. The molecule has 0 aliphatic carbocycles. The van der Waals surface area contributed by atoms with E-state index in [0.29, 0.717) is 0 Å². The number of imidazole rings is 1. The van der Waals surface area contributed by atoms with E-state index in [1.807, 2.05) is 30.3 Å². The number of rotatable bonds is 2. The lowest BCUT2D eigenvalue weighted by molar-refractivity contribution is 1.08. The second-order valence-electron chi connectivity index (χ2n) is 4.19. The molecular weight excluding hydrogens is 242 g/mol. The summed E-state index contributed by atoms with van der Waals surface area (Å²) in [7, 11) is 0. The van der Waals surface area contributed by atoms with Crippen LogP contribution >= 0.6 is 11.8 Å². The first kappa shape index (κ1) is 11.2. The van der Waals surface area contributed by atoms with Crippen LogP contribution in [0.2, 0.25) is 0 Å². The minimum Gasteiger partial charge on any atom is -0.399 e. The number of benzene rings is 2. The molecule has 90 valence electrons. The molecule has 0 atom stereocenters. The summed E-state index contributed by atoms with van der Waals surface area (Å²) in [6.45, 7) is 2.10. The zero-order chi connectivity index (χ0) is 12.5. The first-order valence-electron chi connectivity index (χ1n) is 5.71. The molecule has 3 nitrogen and oxygen atoms in total. The molecule has 3 N–H and O–H groups in total. The fraction of sp³-hybridized carbons (Fsp3) is 0.0714. The van der Waals surface area contributed by atoms with Gasteiger partial charge in [0.1, 0.15) is 0 Å². The fourth-order valence-corrected chi connectivity index (χ4v) is 2.72. The maximum absolute atomic E-state index is 5.76. The van der Waals surface area contributed by atoms with E-state index in [1.54, 1.807) is 11.8 Å². The van der Waals surface area contributed by atoms with Crippen LogP contribution in [-0.4, -0.2) is 9.97 Å². The van der Waals surface area contributed by atoms with Gasteiger partial charge in [-0.25, -0.2) is 4.98 Å². The third-order valence-electron chi connectivity index (χ3n) is 2.78. The lowest BCUT2D eigenvalue weighted by Crippen LogP contribution is -1.82. The summed E-state index contributed by atoms with van der Waals surface area (Å²) in [6.07, 6.45) is 0. The molecule has 2 aromatic carbocycles. The van der Waals surface area contributed by atoms with E-state index in [4.69, 9.17) is 5.73 Å². The summed E-state index contributed by atoms with van der Waals surface area (Å²) in [5.41, 5.74) is 9.68. The molecule has 1 aromatic heterocycles. The van der Waals surface area contributed by atoms with E-state index in [1.165, 1.54) is 10.5 Å². The molecule has 0 amide bonds. The zero-order valence-corrected chi connectivity index (χ0v) is 10.8. The van der Waals surface area contributed by atoms with E-state index >= 15 is 0 Å². The Hall–Kier alpha value is -1.94. The van der Waals surface area contributed by atoms with Crippen LogP contribution in [0.25, 0.3) is 11.0 Å². The van der Waals surface area contributed by atoms with Crippen molar-refractivity contribution in [3.8, 4) is 0 Å². The molecule has 0 radical (unpaired) electrons. The Kier molecular flexibility index (Phi) is 2.72. The van der Waals surface area contributed by atoms with Gasteiger partial charge in [-0.1, -0.05) is 30.0 Å². The molecule has 0 aliphatic heterocycles. The van der Waals surface area contributed by atoms with Crippen molar-refractivity contribution in [1.82, 2.24) is 9.97 Å². The monoisotopic (exact) mass is 255 g/mol. The number of nitrogens with one attached hydrogen (secondary N) is 1. The van der Waals surface area contributed by atoms with E-state index in [9.17, 15) is 0 Å². The van der Waals surface area contributed by atoms with Gasteiger partial charge in [0.15, 0.2) is 5.16 Å². The van der Waals surface area contributed by atoms with Gasteiger partial charge in [0.25, 0.3) is 0 Å². The fourth-order valence-electron chi connectivity index (χ4n) is 1.83. The Balaban J connectivity index is 1.98. The molecule has 0 saturated heterocycles. The summed E-state index contributed by atoms with van der Waals surface area (Å²) < 4.78 is 0. The van der Waals surface area contributed by atoms with Crippen molar-refractivity contribution in [2.24, 2.45) is 0 Å². The first-order chi connectivity index (χ1) is 8.72.